The minimum atomic E-state index is 1.12. The van der Waals surface area contributed by atoms with Crippen molar-refractivity contribution in [3.63, 3.8) is 0 Å². The van der Waals surface area contributed by atoms with E-state index in [1.165, 1.54) is 0 Å². The van der Waals surface area contributed by atoms with Crippen LogP contribution in [0.3, 0.4) is 0 Å². The van der Waals surface area contributed by atoms with Crippen LogP contribution in [0.1, 0.15) is 0 Å². The van der Waals surface area contributed by atoms with Gasteiger partial charge in [-0.05, 0) is 12.1 Å². The highest BCUT2D eigenvalue weighted by atomic mass is 32.1. The Hall–Kier alpha value is -1.35. The number of rotatable bonds is 2. The minimum absolute atomic E-state index is 1.12. The predicted molar refractivity (Wildman–Crippen MR) is 55.2 cm³/mol. The fourth-order valence-corrected chi connectivity index (χ4v) is 1.73. The van der Waals surface area contributed by atoms with Gasteiger partial charge in [0.2, 0.25) is 0 Å². The Kier molecular flexibility index (Phi) is 2.27. The van der Waals surface area contributed by atoms with Crippen LogP contribution in [0.15, 0.2) is 41.8 Å². The van der Waals surface area contributed by atoms with Gasteiger partial charge in [-0.15, -0.1) is 0 Å². The summed E-state index contributed by atoms with van der Waals surface area (Å²) in [5, 5.41) is 5.39. The van der Waals surface area contributed by atoms with Crippen molar-refractivity contribution in [2.45, 2.75) is 0 Å². The van der Waals surface area contributed by atoms with Crippen LogP contribution in [0, 0.1) is 0 Å². The van der Waals surface area contributed by atoms with E-state index in [1.54, 1.807) is 11.5 Å². The summed E-state index contributed by atoms with van der Waals surface area (Å²) >= 11 is 1.68. The van der Waals surface area contributed by atoms with Crippen molar-refractivity contribution in [3.05, 3.63) is 41.8 Å². The van der Waals surface area contributed by atoms with E-state index in [2.05, 4.69) is 32.9 Å². The highest BCUT2D eigenvalue weighted by Crippen LogP contribution is 2.12. The van der Waals surface area contributed by atoms with Crippen molar-refractivity contribution in [3.8, 4) is 0 Å². The van der Waals surface area contributed by atoms with Crippen LogP contribution in [0.2, 0.25) is 0 Å². The van der Waals surface area contributed by atoms with E-state index < -0.39 is 0 Å². The highest BCUT2D eigenvalue weighted by Gasteiger charge is 2.06. The summed E-state index contributed by atoms with van der Waals surface area (Å²) in [5.41, 5.74) is 1.12. The molecule has 1 aromatic heterocycles. The molecule has 2 nitrogen and oxygen atoms in total. The molecular formula is C10H11N2S+. The number of aryl methyl sites for hydroxylation is 1. The van der Waals surface area contributed by atoms with Gasteiger partial charge in [-0.2, -0.15) is 3.96 Å². The van der Waals surface area contributed by atoms with Crippen molar-refractivity contribution in [1.29, 1.82) is 0 Å². The molecule has 2 rings (SSSR count). The Labute approximate surface area is 81.6 Å². The second kappa shape index (κ2) is 3.58. The summed E-state index contributed by atoms with van der Waals surface area (Å²) in [5.74, 6) is 1.12. The molecule has 0 saturated carbocycles. The van der Waals surface area contributed by atoms with Gasteiger partial charge in [0.15, 0.2) is 0 Å². The van der Waals surface area contributed by atoms with Gasteiger partial charge in [0.05, 0.1) is 7.05 Å². The van der Waals surface area contributed by atoms with Crippen LogP contribution in [0.4, 0.5) is 11.5 Å². The summed E-state index contributed by atoms with van der Waals surface area (Å²) in [6.45, 7) is 0. The van der Waals surface area contributed by atoms with Gasteiger partial charge in [-0.3, -0.25) is 0 Å². The standard InChI is InChI=1S/C10H10N2S/c1-12-10(7-8-13-12)11-9-5-3-2-4-6-9/h2-8H,1H3/p+1. The quantitative estimate of drug-likeness (QED) is 0.720. The zero-order valence-electron chi connectivity index (χ0n) is 7.40. The van der Waals surface area contributed by atoms with Crippen molar-refractivity contribution in [2.24, 2.45) is 7.05 Å². The van der Waals surface area contributed by atoms with Crippen molar-refractivity contribution < 1.29 is 3.96 Å². The van der Waals surface area contributed by atoms with Crippen molar-refractivity contribution in [1.82, 2.24) is 0 Å². The predicted octanol–water partition coefficient (Wildman–Crippen LogP) is 2.32. The molecule has 0 aliphatic heterocycles. The van der Waals surface area contributed by atoms with E-state index in [0.717, 1.165) is 11.5 Å². The first-order valence-electron chi connectivity index (χ1n) is 4.12. The number of nitrogens with one attached hydrogen (secondary N) is 1. The van der Waals surface area contributed by atoms with Crippen LogP contribution >= 0.6 is 11.5 Å². The first kappa shape index (κ1) is 8.26. The number of benzene rings is 1. The smallest absolute Gasteiger partial charge is 0.240 e. The Morgan fingerprint density at radius 1 is 1.15 bits per heavy atom. The van der Waals surface area contributed by atoms with Crippen LogP contribution in [0.5, 0.6) is 0 Å². The molecule has 0 atom stereocenters. The van der Waals surface area contributed by atoms with Gasteiger partial charge in [-0.25, -0.2) is 5.32 Å². The number of nitrogens with zero attached hydrogens (tertiary/aromatic N) is 1. The third-order valence-corrected chi connectivity index (χ3v) is 2.60. The van der Waals surface area contributed by atoms with E-state index in [-0.39, 0.29) is 0 Å². The summed E-state index contributed by atoms with van der Waals surface area (Å²) in [6, 6.07) is 12.2. The van der Waals surface area contributed by atoms with Gasteiger partial charge in [-0.1, -0.05) is 18.2 Å². The second-order valence-electron chi connectivity index (χ2n) is 2.78. The number of hydrogen-bond acceptors (Lipinski definition) is 2. The fourth-order valence-electron chi connectivity index (χ4n) is 1.14. The zero-order valence-corrected chi connectivity index (χ0v) is 8.21. The van der Waals surface area contributed by atoms with Crippen LogP contribution < -0.4 is 9.27 Å². The lowest BCUT2D eigenvalue weighted by molar-refractivity contribution is -0.585. The Balaban J connectivity index is 2.20. The summed E-state index contributed by atoms with van der Waals surface area (Å²) in [7, 11) is 2.04. The molecule has 0 amide bonds. The molecule has 0 aliphatic rings. The van der Waals surface area contributed by atoms with E-state index in [1.807, 2.05) is 25.2 Å². The van der Waals surface area contributed by atoms with E-state index >= 15 is 0 Å². The van der Waals surface area contributed by atoms with Crippen LogP contribution in [-0.4, -0.2) is 0 Å². The van der Waals surface area contributed by atoms with Crippen molar-refractivity contribution >= 4 is 23.0 Å². The summed E-state index contributed by atoms with van der Waals surface area (Å²) < 4.78 is 2.09. The molecular weight excluding hydrogens is 180 g/mol. The molecule has 0 unspecified atom stereocenters. The molecule has 0 radical (unpaired) electrons. The second-order valence-corrected chi connectivity index (χ2v) is 3.81. The maximum Gasteiger partial charge on any atom is 0.291 e. The van der Waals surface area contributed by atoms with Gasteiger partial charge in [0.1, 0.15) is 5.69 Å². The molecule has 66 valence electrons. The monoisotopic (exact) mass is 191 g/mol. The molecule has 0 bridgehead atoms. The number of hydrogen-bond donors (Lipinski definition) is 1. The molecule has 2 aromatic rings. The van der Waals surface area contributed by atoms with E-state index in [0.29, 0.717) is 0 Å². The first-order chi connectivity index (χ1) is 6.36. The third-order valence-electron chi connectivity index (χ3n) is 1.83. The Morgan fingerprint density at radius 3 is 2.54 bits per heavy atom. The average molecular weight is 191 g/mol. The lowest BCUT2D eigenvalue weighted by Crippen LogP contribution is -2.24. The lowest BCUT2D eigenvalue weighted by Gasteiger charge is -1.96. The lowest BCUT2D eigenvalue weighted by atomic mass is 10.3. The maximum atomic E-state index is 3.33. The van der Waals surface area contributed by atoms with Crippen LogP contribution in [-0.2, 0) is 7.05 Å². The molecule has 0 aliphatic carbocycles. The largest absolute Gasteiger partial charge is 0.291 e. The number of aromatic nitrogens is 1. The molecule has 13 heavy (non-hydrogen) atoms. The van der Waals surface area contributed by atoms with Crippen molar-refractivity contribution in [2.75, 3.05) is 5.32 Å². The average Bonchev–Trinajstić information content (AvgIpc) is 2.54. The molecule has 0 fully saturated rings. The molecule has 0 saturated heterocycles. The minimum Gasteiger partial charge on any atom is -0.240 e. The maximum absolute atomic E-state index is 3.33. The fraction of sp³-hybridized carbons (Fsp3) is 0.100. The molecule has 1 aromatic carbocycles. The number of anilines is 2. The Morgan fingerprint density at radius 2 is 1.92 bits per heavy atom. The van der Waals surface area contributed by atoms with Gasteiger partial charge < -0.3 is 0 Å². The third kappa shape index (κ3) is 1.87. The summed E-state index contributed by atoms with van der Waals surface area (Å²) in [6.07, 6.45) is 0. The summed E-state index contributed by atoms with van der Waals surface area (Å²) in [4.78, 5) is 0. The topological polar surface area (TPSA) is 15.9 Å². The van der Waals surface area contributed by atoms with Crippen LogP contribution in [0.25, 0.3) is 0 Å². The van der Waals surface area contributed by atoms with E-state index in [9.17, 15) is 0 Å². The van der Waals surface area contributed by atoms with Gasteiger partial charge in [0, 0.05) is 23.0 Å². The number of para-hydroxylation sites is 1. The SMILES string of the molecule is C[n+]1sccc1Nc1ccccc1. The highest BCUT2D eigenvalue weighted by molar-refractivity contribution is 6.99. The normalized spacial score (nSPS) is 9.92. The molecule has 1 heterocycles. The van der Waals surface area contributed by atoms with Gasteiger partial charge >= 0.3 is 0 Å². The molecule has 1 N–H and O–H groups in total. The Bertz CT molecular complexity index is 381. The molecule has 3 heteroatoms. The zero-order chi connectivity index (χ0) is 9.10. The van der Waals surface area contributed by atoms with Gasteiger partial charge in [0.25, 0.3) is 5.82 Å². The van der Waals surface area contributed by atoms with E-state index in [4.69, 9.17) is 0 Å². The molecule has 0 spiro atoms. The first-order valence-corrected chi connectivity index (χ1v) is 4.96.